The van der Waals surface area contributed by atoms with Gasteiger partial charge in [0, 0.05) is 18.2 Å². The summed E-state index contributed by atoms with van der Waals surface area (Å²) in [5.41, 5.74) is 2.82. The summed E-state index contributed by atoms with van der Waals surface area (Å²) < 4.78 is 1.42. The summed E-state index contributed by atoms with van der Waals surface area (Å²) in [6, 6.07) is 25.5. The van der Waals surface area contributed by atoms with E-state index in [1.165, 1.54) is 15.7 Å². The van der Waals surface area contributed by atoms with Crippen LogP contribution in [0.2, 0.25) is 0 Å². The van der Waals surface area contributed by atoms with Crippen molar-refractivity contribution in [3.05, 3.63) is 112 Å². The molecule has 4 aromatic rings. The molecule has 156 valence electrons. The third kappa shape index (κ3) is 3.09. The number of anilines is 1. The molecule has 0 spiro atoms. The van der Waals surface area contributed by atoms with Crippen LogP contribution in [0.3, 0.4) is 0 Å². The zero-order chi connectivity index (χ0) is 22.2. The van der Waals surface area contributed by atoms with E-state index in [-0.39, 0.29) is 16.7 Å². The van der Waals surface area contributed by atoms with Gasteiger partial charge in [0.2, 0.25) is 5.78 Å². The summed E-state index contributed by atoms with van der Waals surface area (Å²) >= 11 is 0. The van der Waals surface area contributed by atoms with Crippen molar-refractivity contribution in [3.63, 3.8) is 0 Å². The smallest absolute Gasteiger partial charge is 0.279 e. The van der Waals surface area contributed by atoms with Gasteiger partial charge in [0.1, 0.15) is 0 Å². The van der Waals surface area contributed by atoms with E-state index < -0.39 is 11.7 Å². The lowest BCUT2D eigenvalue weighted by atomic mass is 9.93. The molecule has 1 aliphatic rings. The normalized spacial score (nSPS) is 14.7. The van der Waals surface area contributed by atoms with Crippen molar-refractivity contribution in [2.24, 2.45) is 0 Å². The Morgan fingerprint density at radius 1 is 0.781 bits per heavy atom. The van der Waals surface area contributed by atoms with Gasteiger partial charge in [-0.05, 0) is 30.3 Å². The molecule has 0 atom stereocenters. The topological polar surface area (TPSA) is 75.2 Å². The summed E-state index contributed by atoms with van der Waals surface area (Å²) in [5.74, 6) is -0.839. The van der Waals surface area contributed by atoms with Gasteiger partial charge < -0.3 is 4.90 Å². The molecule has 5 rings (SSSR count). The molecule has 0 unspecified atom stereocenters. The zero-order valence-corrected chi connectivity index (χ0v) is 17.3. The molecule has 0 bridgehead atoms. The number of carbonyl (C=O) groups is 2. The van der Waals surface area contributed by atoms with Crippen LogP contribution in [0.1, 0.15) is 15.9 Å². The predicted octanol–water partition coefficient (Wildman–Crippen LogP) is 4.08. The molecule has 6 nitrogen and oxygen atoms in total. The van der Waals surface area contributed by atoms with E-state index in [0.29, 0.717) is 22.6 Å². The first-order chi connectivity index (χ1) is 15.6. The van der Waals surface area contributed by atoms with Crippen LogP contribution in [0.15, 0.2) is 95.3 Å². The van der Waals surface area contributed by atoms with Gasteiger partial charge in [-0.15, -0.1) is 0 Å². The number of benzene rings is 3. The number of aromatic amines is 1. The highest BCUT2D eigenvalue weighted by molar-refractivity contribution is 6.36. The van der Waals surface area contributed by atoms with E-state index in [2.05, 4.69) is 5.10 Å². The number of ketones is 1. The highest BCUT2D eigenvalue weighted by Gasteiger charge is 2.33. The fraction of sp³-hybridized carbons (Fsp3) is 0.0385. The third-order valence-electron chi connectivity index (χ3n) is 5.58. The number of Topliss-reactive ketones (excluding diaryl/α,β-unsaturated/α-hetero) is 1. The Morgan fingerprint density at radius 2 is 1.41 bits per heavy atom. The zero-order valence-electron chi connectivity index (χ0n) is 17.3. The Bertz CT molecular complexity index is 1430. The van der Waals surface area contributed by atoms with Gasteiger partial charge in [0.15, 0.2) is 0 Å². The van der Waals surface area contributed by atoms with E-state index in [9.17, 15) is 14.4 Å². The first kappa shape index (κ1) is 19.5. The highest BCUT2D eigenvalue weighted by atomic mass is 16.2. The summed E-state index contributed by atoms with van der Waals surface area (Å²) in [6.07, 6.45) is 1.41. The lowest BCUT2D eigenvalue weighted by molar-refractivity contribution is -0.114. The first-order valence-electron chi connectivity index (χ1n) is 10.2. The Balaban J connectivity index is 1.74. The van der Waals surface area contributed by atoms with Crippen LogP contribution in [0, 0.1) is 0 Å². The van der Waals surface area contributed by atoms with E-state index in [1.807, 2.05) is 60.7 Å². The number of aromatic nitrogens is 2. The van der Waals surface area contributed by atoms with Crippen molar-refractivity contribution >= 4 is 23.5 Å². The SMILES string of the molecule is CN1C(=O)/C(=C/c2c(-c3ccccc3)[nH]n(-c3ccccc3)c2=O)C(=O)c2ccccc21. The number of nitrogens with one attached hydrogen (secondary N) is 1. The number of para-hydroxylation sites is 2. The average molecular weight is 421 g/mol. The summed E-state index contributed by atoms with van der Waals surface area (Å²) in [4.78, 5) is 41.1. The second-order valence-corrected chi connectivity index (χ2v) is 7.51. The van der Waals surface area contributed by atoms with Gasteiger partial charge in [-0.1, -0.05) is 60.7 Å². The van der Waals surface area contributed by atoms with Gasteiger partial charge in [0.05, 0.1) is 28.2 Å². The number of nitrogens with zero attached hydrogens (tertiary/aromatic N) is 2. The molecule has 3 aromatic carbocycles. The van der Waals surface area contributed by atoms with Crippen LogP contribution in [-0.4, -0.2) is 28.5 Å². The van der Waals surface area contributed by atoms with Crippen LogP contribution >= 0.6 is 0 Å². The fourth-order valence-electron chi connectivity index (χ4n) is 3.93. The molecule has 1 amide bonds. The van der Waals surface area contributed by atoms with Gasteiger partial charge in [0.25, 0.3) is 11.5 Å². The summed E-state index contributed by atoms with van der Waals surface area (Å²) in [5, 5.41) is 3.16. The standard InChI is InChI=1S/C26H19N3O3/c1-28-22-15-9-8-14-19(22)24(30)21(25(28)31)16-20-23(17-10-4-2-5-11-17)27-29(26(20)32)18-12-6-3-7-13-18/h2-16,27H,1H3/b21-16+. The number of carbonyl (C=O) groups excluding carboxylic acids is 2. The Labute approximate surface area is 184 Å². The van der Waals surface area contributed by atoms with Crippen molar-refractivity contribution in [1.82, 2.24) is 9.78 Å². The van der Waals surface area contributed by atoms with E-state index in [1.54, 1.807) is 31.3 Å². The molecule has 0 saturated carbocycles. The molecule has 2 heterocycles. The maximum Gasteiger partial charge on any atom is 0.279 e. The average Bonchev–Trinajstić information content (AvgIpc) is 3.17. The van der Waals surface area contributed by atoms with Crippen LogP contribution in [0.4, 0.5) is 5.69 Å². The number of H-pyrrole nitrogens is 1. The lowest BCUT2D eigenvalue weighted by Crippen LogP contribution is -2.36. The monoisotopic (exact) mass is 421 g/mol. The largest absolute Gasteiger partial charge is 0.311 e. The van der Waals surface area contributed by atoms with E-state index in [0.717, 1.165) is 5.56 Å². The van der Waals surface area contributed by atoms with Crippen LogP contribution < -0.4 is 10.5 Å². The van der Waals surface area contributed by atoms with Gasteiger partial charge in [-0.3, -0.25) is 19.5 Å². The van der Waals surface area contributed by atoms with Crippen LogP contribution in [0.25, 0.3) is 23.0 Å². The molecule has 0 saturated heterocycles. The quantitative estimate of drug-likeness (QED) is 0.400. The summed E-state index contributed by atoms with van der Waals surface area (Å²) in [6.45, 7) is 0. The minimum absolute atomic E-state index is 0.0420. The molecule has 0 fully saturated rings. The van der Waals surface area contributed by atoms with Crippen molar-refractivity contribution in [2.45, 2.75) is 0 Å². The molecule has 1 N–H and O–H groups in total. The minimum Gasteiger partial charge on any atom is -0.311 e. The van der Waals surface area contributed by atoms with E-state index >= 15 is 0 Å². The maximum atomic E-state index is 13.4. The second kappa shape index (κ2) is 7.67. The van der Waals surface area contributed by atoms with Gasteiger partial charge in [-0.2, -0.15) is 0 Å². The number of hydrogen-bond acceptors (Lipinski definition) is 3. The van der Waals surface area contributed by atoms with Crippen molar-refractivity contribution in [3.8, 4) is 16.9 Å². The molecule has 0 aliphatic carbocycles. The van der Waals surface area contributed by atoms with Crippen molar-refractivity contribution in [2.75, 3.05) is 11.9 Å². The number of rotatable bonds is 3. The molecular formula is C26H19N3O3. The molecule has 0 radical (unpaired) electrons. The molecule has 6 heteroatoms. The number of fused-ring (bicyclic) bond motifs is 1. The highest BCUT2D eigenvalue weighted by Crippen LogP contribution is 2.31. The third-order valence-corrected chi connectivity index (χ3v) is 5.58. The minimum atomic E-state index is -0.445. The van der Waals surface area contributed by atoms with Crippen LogP contribution in [-0.2, 0) is 4.79 Å². The molecule has 1 aromatic heterocycles. The van der Waals surface area contributed by atoms with Crippen molar-refractivity contribution < 1.29 is 9.59 Å². The maximum absolute atomic E-state index is 13.4. The number of hydrogen-bond donors (Lipinski definition) is 1. The fourth-order valence-corrected chi connectivity index (χ4v) is 3.93. The van der Waals surface area contributed by atoms with Crippen molar-refractivity contribution in [1.29, 1.82) is 0 Å². The number of likely N-dealkylation sites (N-methyl/N-ethyl adjacent to an activating group) is 1. The Morgan fingerprint density at radius 3 is 2.12 bits per heavy atom. The lowest BCUT2D eigenvalue weighted by Gasteiger charge is -2.26. The van der Waals surface area contributed by atoms with E-state index in [4.69, 9.17) is 0 Å². The van der Waals surface area contributed by atoms with Crippen LogP contribution in [0.5, 0.6) is 0 Å². The molecule has 32 heavy (non-hydrogen) atoms. The Kier molecular flexibility index (Phi) is 4.67. The second-order valence-electron chi connectivity index (χ2n) is 7.51. The summed E-state index contributed by atoms with van der Waals surface area (Å²) in [7, 11) is 1.62. The first-order valence-corrected chi connectivity index (χ1v) is 10.2. The Hall–Kier alpha value is -4.45. The number of amides is 1. The molecular weight excluding hydrogens is 402 g/mol. The van der Waals surface area contributed by atoms with Gasteiger partial charge >= 0.3 is 0 Å². The predicted molar refractivity (Wildman–Crippen MR) is 124 cm³/mol. The van der Waals surface area contributed by atoms with Gasteiger partial charge in [-0.25, -0.2) is 4.68 Å². The molecule has 1 aliphatic heterocycles.